The number of nitrogens with zero attached hydrogens (tertiary/aromatic N) is 3. The lowest BCUT2D eigenvalue weighted by atomic mass is 9.71. The molecule has 5 heteroatoms. The molecule has 0 unspecified atom stereocenters. The number of amides is 1. The Bertz CT molecular complexity index is 1230. The average Bonchev–Trinajstić information content (AvgIpc) is 3.22. The molecule has 0 aliphatic carbocycles. The van der Waals surface area contributed by atoms with Crippen LogP contribution < -0.4 is 0 Å². The van der Waals surface area contributed by atoms with Crippen LogP contribution in [0.1, 0.15) is 45.7 Å². The van der Waals surface area contributed by atoms with Gasteiger partial charge in [-0.1, -0.05) is 47.5 Å². The quantitative estimate of drug-likeness (QED) is 0.528. The van der Waals surface area contributed by atoms with Gasteiger partial charge in [-0.3, -0.25) is 14.9 Å². The van der Waals surface area contributed by atoms with Gasteiger partial charge in [0.1, 0.15) is 0 Å². The van der Waals surface area contributed by atoms with E-state index in [0.717, 1.165) is 41.5 Å². The molecule has 1 aliphatic rings. The van der Waals surface area contributed by atoms with Gasteiger partial charge in [0.2, 0.25) is 0 Å². The number of carbonyl (C=O) groups is 1. The molecule has 31 heavy (non-hydrogen) atoms. The van der Waals surface area contributed by atoms with Crippen LogP contribution >= 0.6 is 0 Å². The van der Waals surface area contributed by atoms with Crippen molar-refractivity contribution in [3.63, 3.8) is 0 Å². The minimum Gasteiger partial charge on any atom is -0.336 e. The average molecular weight is 411 g/mol. The predicted molar refractivity (Wildman–Crippen MR) is 122 cm³/mol. The van der Waals surface area contributed by atoms with Crippen LogP contribution in [0.15, 0.2) is 66.9 Å². The zero-order valence-electron chi connectivity index (χ0n) is 17.9. The molecular weight excluding hydrogens is 384 g/mol. The van der Waals surface area contributed by atoms with E-state index in [1.54, 1.807) is 0 Å². The topological polar surface area (TPSA) is 61.9 Å². The SMILES string of the molecule is Cc1ccc([C@@]2(c3ccccn3)CCCN(C(=O)c3n[nH]c4ccc(C)cc34)C2)cc1. The van der Waals surface area contributed by atoms with Crippen molar-refractivity contribution in [3.8, 4) is 0 Å². The van der Waals surface area contributed by atoms with Gasteiger partial charge >= 0.3 is 0 Å². The number of hydrogen-bond acceptors (Lipinski definition) is 3. The molecule has 0 bridgehead atoms. The number of rotatable bonds is 3. The zero-order chi connectivity index (χ0) is 21.4. The smallest absolute Gasteiger partial charge is 0.275 e. The Morgan fingerprint density at radius 2 is 1.84 bits per heavy atom. The van der Waals surface area contributed by atoms with Gasteiger partial charge in [0.25, 0.3) is 5.91 Å². The largest absolute Gasteiger partial charge is 0.336 e. The Hall–Kier alpha value is -3.47. The Balaban J connectivity index is 1.56. The summed E-state index contributed by atoms with van der Waals surface area (Å²) in [7, 11) is 0. The van der Waals surface area contributed by atoms with E-state index >= 15 is 0 Å². The number of pyridine rings is 1. The van der Waals surface area contributed by atoms with E-state index < -0.39 is 0 Å². The summed E-state index contributed by atoms with van der Waals surface area (Å²) in [5.41, 5.74) is 5.62. The van der Waals surface area contributed by atoms with Gasteiger partial charge in [-0.25, -0.2) is 0 Å². The van der Waals surface area contributed by atoms with Crippen molar-refractivity contribution in [1.82, 2.24) is 20.1 Å². The Kier molecular flexibility index (Phi) is 4.81. The zero-order valence-corrected chi connectivity index (χ0v) is 17.9. The third-order valence-electron chi connectivity index (χ3n) is 6.46. The first-order chi connectivity index (χ1) is 15.1. The van der Waals surface area contributed by atoms with E-state index in [9.17, 15) is 4.79 Å². The van der Waals surface area contributed by atoms with Crippen LogP contribution in [0.25, 0.3) is 10.9 Å². The highest BCUT2D eigenvalue weighted by molar-refractivity contribution is 6.04. The highest BCUT2D eigenvalue weighted by Gasteiger charge is 2.42. The highest BCUT2D eigenvalue weighted by atomic mass is 16.2. The fraction of sp³-hybridized carbons (Fsp3) is 0.269. The lowest BCUT2D eigenvalue weighted by Gasteiger charge is -2.43. The predicted octanol–water partition coefficient (Wildman–Crippen LogP) is 4.80. The van der Waals surface area contributed by atoms with Gasteiger partial charge in [0.05, 0.1) is 16.6 Å². The molecule has 4 aromatic rings. The molecule has 1 aliphatic heterocycles. The van der Waals surface area contributed by atoms with E-state index in [2.05, 4.69) is 47.5 Å². The molecular formula is C26H26N4O. The van der Waals surface area contributed by atoms with Crippen molar-refractivity contribution < 1.29 is 4.79 Å². The molecule has 0 spiro atoms. The Morgan fingerprint density at radius 3 is 2.61 bits per heavy atom. The molecule has 1 fully saturated rings. The minimum absolute atomic E-state index is 0.0241. The number of piperidine rings is 1. The van der Waals surface area contributed by atoms with Crippen LogP contribution in [0.4, 0.5) is 0 Å². The Morgan fingerprint density at radius 1 is 1.03 bits per heavy atom. The normalized spacial score (nSPS) is 19.0. The van der Waals surface area contributed by atoms with Gasteiger partial charge in [0, 0.05) is 24.7 Å². The van der Waals surface area contributed by atoms with Gasteiger partial charge < -0.3 is 4.90 Å². The number of nitrogens with one attached hydrogen (secondary N) is 1. The third-order valence-corrected chi connectivity index (χ3v) is 6.46. The van der Waals surface area contributed by atoms with Gasteiger partial charge in [0.15, 0.2) is 5.69 Å². The lowest BCUT2D eigenvalue weighted by Crippen LogP contribution is -2.49. The molecule has 1 atom stereocenters. The maximum absolute atomic E-state index is 13.6. The van der Waals surface area contributed by atoms with E-state index in [0.29, 0.717) is 12.2 Å². The number of aromatic nitrogens is 3. The minimum atomic E-state index is -0.328. The first kappa shape index (κ1) is 19.5. The number of H-pyrrole nitrogens is 1. The highest BCUT2D eigenvalue weighted by Crippen LogP contribution is 2.40. The maximum Gasteiger partial charge on any atom is 0.275 e. The lowest BCUT2D eigenvalue weighted by molar-refractivity contribution is 0.0659. The van der Waals surface area contributed by atoms with Crippen molar-refractivity contribution in [3.05, 3.63) is 94.9 Å². The number of likely N-dealkylation sites (tertiary alicyclic amines) is 1. The fourth-order valence-corrected chi connectivity index (χ4v) is 4.78. The number of aryl methyl sites for hydroxylation is 2. The second-order valence-corrected chi connectivity index (χ2v) is 8.61. The molecule has 1 amide bonds. The molecule has 5 nitrogen and oxygen atoms in total. The molecule has 3 heterocycles. The summed E-state index contributed by atoms with van der Waals surface area (Å²) in [5, 5.41) is 8.28. The number of hydrogen-bond donors (Lipinski definition) is 1. The molecule has 156 valence electrons. The molecule has 2 aromatic carbocycles. The van der Waals surface area contributed by atoms with Crippen molar-refractivity contribution in [2.45, 2.75) is 32.1 Å². The maximum atomic E-state index is 13.6. The molecule has 2 aromatic heterocycles. The number of carbonyl (C=O) groups excluding carboxylic acids is 1. The molecule has 1 N–H and O–H groups in total. The van der Waals surface area contributed by atoms with Crippen LogP contribution in [0.3, 0.4) is 0 Å². The standard InChI is InChI=1S/C26H26N4O/c1-18-7-10-20(11-8-18)26(23-6-3-4-14-27-23)13-5-15-30(17-26)25(31)24-21-16-19(2)9-12-22(21)28-29-24/h3-4,6-12,14,16H,5,13,15,17H2,1-2H3,(H,28,29)/t26-/m1/s1. The van der Waals surface area contributed by atoms with E-state index in [1.165, 1.54) is 11.1 Å². The molecule has 0 radical (unpaired) electrons. The van der Waals surface area contributed by atoms with Crippen LogP contribution in [-0.4, -0.2) is 39.1 Å². The van der Waals surface area contributed by atoms with E-state index in [4.69, 9.17) is 4.98 Å². The number of aromatic amines is 1. The summed E-state index contributed by atoms with van der Waals surface area (Å²) in [6.45, 7) is 5.44. The van der Waals surface area contributed by atoms with Crippen LogP contribution in [0, 0.1) is 13.8 Å². The van der Waals surface area contributed by atoms with Crippen LogP contribution in [0.2, 0.25) is 0 Å². The summed E-state index contributed by atoms with van der Waals surface area (Å²) in [4.78, 5) is 20.3. The summed E-state index contributed by atoms with van der Waals surface area (Å²) in [5.74, 6) is -0.0241. The molecule has 1 saturated heterocycles. The third kappa shape index (κ3) is 3.40. The summed E-state index contributed by atoms with van der Waals surface area (Å²) in [6, 6.07) is 20.8. The van der Waals surface area contributed by atoms with Crippen molar-refractivity contribution in [2.75, 3.05) is 13.1 Å². The van der Waals surface area contributed by atoms with Crippen LogP contribution in [-0.2, 0) is 5.41 Å². The molecule has 5 rings (SSSR count). The van der Waals surface area contributed by atoms with E-state index in [1.807, 2.05) is 48.4 Å². The van der Waals surface area contributed by atoms with Gasteiger partial charge in [-0.05, 0) is 56.5 Å². The number of benzene rings is 2. The van der Waals surface area contributed by atoms with Gasteiger partial charge in [-0.2, -0.15) is 5.10 Å². The first-order valence-electron chi connectivity index (χ1n) is 10.8. The summed E-state index contributed by atoms with van der Waals surface area (Å²) in [6.07, 6.45) is 3.71. The Labute approximate surface area is 182 Å². The number of fused-ring (bicyclic) bond motifs is 1. The summed E-state index contributed by atoms with van der Waals surface area (Å²) >= 11 is 0. The molecule has 0 saturated carbocycles. The second kappa shape index (κ2) is 7.65. The van der Waals surface area contributed by atoms with Crippen molar-refractivity contribution in [2.24, 2.45) is 0 Å². The van der Waals surface area contributed by atoms with Gasteiger partial charge in [-0.15, -0.1) is 0 Å². The van der Waals surface area contributed by atoms with Crippen molar-refractivity contribution in [1.29, 1.82) is 0 Å². The first-order valence-corrected chi connectivity index (χ1v) is 10.8. The van der Waals surface area contributed by atoms with Crippen LogP contribution in [0.5, 0.6) is 0 Å². The second-order valence-electron chi connectivity index (χ2n) is 8.61. The van der Waals surface area contributed by atoms with E-state index in [-0.39, 0.29) is 11.3 Å². The fourth-order valence-electron chi connectivity index (χ4n) is 4.78. The summed E-state index contributed by atoms with van der Waals surface area (Å²) < 4.78 is 0. The monoisotopic (exact) mass is 410 g/mol. The van der Waals surface area contributed by atoms with Crippen molar-refractivity contribution >= 4 is 16.8 Å².